The molecule has 0 aliphatic carbocycles. The number of aryl methyl sites for hydroxylation is 1. The lowest BCUT2D eigenvalue weighted by atomic mass is 10.1. The minimum absolute atomic E-state index is 0.142. The molecule has 1 aromatic heterocycles. The van der Waals surface area contributed by atoms with Gasteiger partial charge in [0.1, 0.15) is 11.6 Å². The first-order chi connectivity index (χ1) is 15.6. The number of amides is 1. The number of hydrogen-bond acceptors (Lipinski definition) is 2. The monoisotopic (exact) mass is 449 g/mol. The van der Waals surface area contributed by atoms with Crippen LogP contribution in [0.1, 0.15) is 41.0 Å². The van der Waals surface area contributed by atoms with E-state index in [1.54, 1.807) is 18.2 Å². The zero-order valence-corrected chi connectivity index (χ0v) is 18.5. The number of fused-ring (bicyclic) bond motifs is 1. The molecule has 164 valence electrons. The van der Waals surface area contributed by atoms with E-state index < -0.39 is 0 Å². The predicted molar refractivity (Wildman–Crippen MR) is 127 cm³/mol. The highest BCUT2D eigenvalue weighted by Crippen LogP contribution is 2.20. The molecule has 6 heteroatoms. The molecule has 0 spiro atoms. The maximum Gasteiger partial charge on any atom is 0.252 e. The number of hydrogen-bond donors (Lipinski definition) is 1. The first-order valence-corrected chi connectivity index (χ1v) is 11.2. The quantitative estimate of drug-likeness (QED) is 0.317. The Labute approximate surface area is 192 Å². The molecule has 0 fully saturated rings. The molecule has 1 amide bonds. The fourth-order valence-corrected chi connectivity index (χ4v) is 4.01. The number of unbranched alkanes of at least 4 members (excludes halogenated alkanes) is 2. The van der Waals surface area contributed by atoms with Gasteiger partial charge in [-0.25, -0.2) is 9.37 Å². The number of carbonyl (C=O) groups is 1. The van der Waals surface area contributed by atoms with Crippen molar-refractivity contribution in [1.82, 2.24) is 14.9 Å². The minimum Gasteiger partial charge on any atom is -0.352 e. The van der Waals surface area contributed by atoms with Gasteiger partial charge >= 0.3 is 0 Å². The summed E-state index contributed by atoms with van der Waals surface area (Å²) < 4.78 is 15.5. The van der Waals surface area contributed by atoms with Gasteiger partial charge in [-0.05, 0) is 54.8 Å². The number of imidazole rings is 1. The molecule has 0 bridgehead atoms. The largest absolute Gasteiger partial charge is 0.352 e. The topological polar surface area (TPSA) is 46.9 Å². The Bertz CT molecular complexity index is 1200. The molecular formula is C26H25ClFN3O. The lowest BCUT2D eigenvalue weighted by Gasteiger charge is -2.10. The van der Waals surface area contributed by atoms with Crippen molar-refractivity contribution < 1.29 is 9.18 Å². The third-order valence-electron chi connectivity index (χ3n) is 5.47. The number of halogens is 2. The zero-order valence-electron chi connectivity index (χ0n) is 17.7. The Kier molecular flexibility index (Phi) is 7.17. The first-order valence-electron chi connectivity index (χ1n) is 10.8. The summed E-state index contributed by atoms with van der Waals surface area (Å²) in [5, 5.41) is 3.40. The van der Waals surface area contributed by atoms with Gasteiger partial charge in [0.25, 0.3) is 5.91 Å². The molecule has 1 N–H and O–H groups in total. The molecule has 0 saturated heterocycles. The number of rotatable bonds is 9. The number of benzene rings is 3. The van der Waals surface area contributed by atoms with Gasteiger partial charge in [0.2, 0.25) is 0 Å². The summed E-state index contributed by atoms with van der Waals surface area (Å²) in [6, 6.07) is 21.8. The molecule has 0 saturated carbocycles. The van der Waals surface area contributed by atoms with Crippen molar-refractivity contribution in [1.29, 1.82) is 0 Å². The molecular weight excluding hydrogens is 425 g/mol. The summed E-state index contributed by atoms with van der Waals surface area (Å²) in [4.78, 5) is 17.1. The van der Waals surface area contributed by atoms with Crippen LogP contribution in [0.3, 0.4) is 0 Å². The van der Waals surface area contributed by atoms with E-state index in [1.165, 1.54) is 12.1 Å². The molecule has 0 aliphatic rings. The second kappa shape index (κ2) is 10.4. The molecule has 3 aromatic carbocycles. The average molecular weight is 450 g/mol. The summed E-state index contributed by atoms with van der Waals surface area (Å²) in [6.07, 6.45) is 3.67. The van der Waals surface area contributed by atoms with E-state index in [-0.39, 0.29) is 11.7 Å². The standard InChI is InChI=1S/C26H25ClFN3O/c27-22-9-4-3-8-21(22)26(32)29-17-7-1-2-12-25-30-23-10-5-6-11-24(23)31(25)18-19-13-15-20(28)16-14-19/h3-6,8-11,13-16H,1-2,7,12,17-18H2,(H,29,32). The van der Waals surface area contributed by atoms with Crippen LogP contribution >= 0.6 is 11.6 Å². The van der Waals surface area contributed by atoms with Crippen LogP contribution in [0, 0.1) is 5.82 Å². The Morgan fingerprint density at radius 3 is 2.50 bits per heavy atom. The average Bonchev–Trinajstić information content (AvgIpc) is 3.15. The fraction of sp³-hybridized carbons (Fsp3) is 0.231. The number of carbonyl (C=O) groups excluding carboxylic acids is 1. The maximum absolute atomic E-state index is 13.3. The summed E-state index contributed by atoms with van der Waals surface area (Å²) in [6.45, 7) is 1.26. The van der Waals surface area contributed by atoms with E-state index in [0.717, 1.165) is 48.1 Å². The second-order valence-corrected chi connectivity index (χ2v) is 8.18. The third kappa shape index (κ3) is 5.35. The van der Waals surface area contributed by atoms with Crippen LogP contribution in [0.15, 0.2) is 72.8 Å². The molecule has 0 aliphatic heterocycles. The molecule has 4 nitrogen and oxygen atoms in total. The van der Waals surface area contributed by atoms with Gasteiger partial charge in [-0.15, -0.1) is 0 Å². The van der Waals surface area contributed by atoms with Crippen molar-refractivity contribution in [3.8, 4) is 0 Å². The molecule has 0 atom stereocenters. The minimum atomic E-state index is -0.230. The second-order valence-electron chi connectivity index (χ2n) is 7.78. The van der Waals surface area contributed by atoms with Crippen LogP contribution in [0.2, 0.25) is 5.02 Å². The van der Waals surface area contributed by atoms with Gasteiger partial charge in [-0.3, -0.25) is 4.79 Å². The van der Waals surface area contributed by atoms with Crippen LogP contribution in [-0.4, -0.2) is 22.0 Å². The smallest absolute Gasteiger partial charge is 0.252 e. The summed E-state index contributed by atoms with van der Waals surface area (Å²) in [5.41, 5.74) is 3.59. The summed E-state index contributed by atoms with van der Waals surface area (Å²) in [5.74, 6) is 0.651. The summed E-state index contributed by atoms with van der Waals surface area (Å²) >= 11 is 6.07. The molecule has 32 heavy (non-hydrogen) atoms. The van der Waals surface area contributed by atoms with Crippen molar-refractivity contribution in [2.75, 3.05) is 6.54 Å². The third-order valence-corrected chi connectivity index (χ3v) is 5.80. The van der Waals surface area contributed by atoms with E-state index >= 15 is 0 Å². The van der Waals surface area contributed by atoms with Gasteiger partial charge < -0.3 is 9.88 Å². The van der Waals surface area contributed by atoms with Gasteiger partial charge in [0.15, 0.2) is 0 Å². The highest BCUT2D eigenvalue weighted by molar-refractivity contribution is 6.33. The van der Waals surface area contributed by atoms with Crippen molar-refractivity contribution in [2.24, 2.45) is 0 Å². The molecule has 4 aromatic rings. The van der Waals surface area contributed by atoms with Crippen LogP contribution in [0.5, 0.6) is 0 Å². The van der Waals surface area contributed by atoms with Crippen molar-refractivity contribution in [3.63, 3.8) is 0 Å². The van der Waals surface area contributed by atoms with Crippen molar-refractivity contribution in [2.45, 2.75) is 32.2 Å². The SMILES string of the molecule is O=C(NCCCCCc1nc2ccccc2n1Cc1ccc(F)cc1)c1ccccc1Cl. The van der Waals surface area contributed by atoms with E-state index in [0.29, 0.717) is 23.7 Å². The Morgan fingerprint density at radius 2 is 1.69 bits per heavy atom. The van der Waals surface area contributed by atoms with Crippen LogP contribution in [-0.2, 0) is 13.0 Å². The van der Waals surface area contributed by atoms with E-state index in [4.69, 9.17) is 16.6 Å². The van der Waals surface area contributed by atoms with Crippen molar-refractivity contribution >= 4 is 28.5 Å². The van der Waals surface area contributed by atoms with Crippen LogP contribution in [0.25, 0.3) is 11.0 Å². The maximum atomic E-state index is 13.3. The summed E-state index contributed by atoms with van der Waals surface area (Å²) in [7, 11) is 0. The highest BCUT2D eigenvalue weighted by Gasteiger charge is 2.11. The van der Waals surface area contributed by atoms with Gasteiger partial charge in [0, 0.05) is 19.5 Å². The van der Waals surface area contributed by atoms with E-state index in [2.05, 4.69) is 16.0 Å². The normalized spacial score (nSPS) is 11.1. The Morgan fingerprint density at radius 1 is 0.938 bits per heavy atom. The number of nitrogens with one attached hydrogen (secondary N) is 1. The Balaban J connectivity index is 1.32. The number of nitrogens with zero attached hydrogens (tertiary/aromatic N) is 2. The van der Waals surface area contributed by atoms with E-state index in [1.807, 2.05) is 36.4 Å². The lowest BCUT2D eigenvalue weighted by Crippen LogP contribution is -2.24. The number of aromatic nitrogens is 2. The molecule has 0 radical (unpaired) electrons. The highest BCUT2D eigenvalue weighted by atomic mass is 35.5. The van der Waals surface area contributed by atoms with Gasteiger partial charge in [-0.1, -0.05) is 54.4 Å². The predicted octanol–water partition coefficient (Wildman–Crippen LogP) is 6.02. The lowest BCUT2D eigenvalue weighted by molar-refractivity contribution is 0.0953. The van der Waals surface area contributed by atoms with Gasteiger partial charge in [-0.2, -0.15) is 0 Å². The van der Waals surface area contributed by atoms with Crippen molar-refractivity contribution in [3.05, 3.63) is 101 Å². The fourth-order valence-electron chi connectivity index (χ4n) is 3.79. The van der Waals surface area contributed by atoms with Crippen LogP contribution in [0.4, 0.5) is 4.39 Å². The van der Waals surface area contributed by atoms with Crippen LogP contribution < -0.4 is 5.32 Å². The zero-order chi connectivity index (χ0) is 22.3. The van der Waals surface area contributed by atoms with E-state index in [9.17, 15) is 9.18 Å². The molecule has 1 heterocycles. The Hall–Kier alpha value is -3.18. The number of para-hydroxylation sites is 2. The van der Waals surface area contributed by atoms with Gasteiger partial charge in [0.05, 0.1) is 21.6 Å². The first kappa shape index (κ1) is 22.0. The molecule has 4 rings (SSSR count). The molecule has 0 unspecified atom stereocenters.